The third-order valence-corrected chi connectivity index (χ3v) is 7.02. The molecule has 0 saturated heterocycles. The zero-order valence-corrected chi connectivity index (χ0v) is 17.3. The molecule has 2 atom stereocenters. The first-order chi connectivity index (χ1) is 12.8. The minimum atomic E-state index is 0.659. The van der Waals surface area contributed by atoms with Crippen LogP contribution in [0.2, 0.25) is 0 Å². The standard InChI is InChI=1S/C26H40/c1-3-5-6-8-22-11-15-24(16-12-22)26-19-17-25(18-20-26)23-13-9-21(7-4-2)10-14-23/h9,13,17-24H,3-8,10-12,14-16H2,1-2H3. The molecule has 3 rings (SSSR count). The maximum absolute atomic E-state index is 2.49. The normalized spacial score (nSPS) is 29.0. The Morgan fingerprint density at radius 2 is 1.42 bits per heavy atom. The van der Waals surface area contributed by atoms with E-state index in [1.54, 1.807) is 5.56 Å². The third-order valence-electron chi connectivity index (χ3n) is 7.02. The Labute approximate surface area is 162 Å². The molecule has 0 N–H and O–H groups in total. The molecule has 0 heterocycles. The van der Waals surface area contributed by atoms with Gasteiger partial charge in [0.15, 0.2) is 0 Å². The van der Waals surface area contributed by atoms with Gasteiger partial charge in [-0.15, -0.1) is 0 Å². The van der Waals surface area contributed by atoms with Crippen LogP contribution in [0, 0.1) is 11.8 Å². The lowest BCUT2D eigenvalue weighted by Gasteiger charge is -2.29. The van der Waals surface area contributed by atoms with E-state index in [9.17, 15) is 0 Å². The Balaban J connectivity index is 1.49. The van der Waals surface area contributed by atoms with Crippen molar-refractivity contribution in [3.05, 3.63) is 47.5 Å². The van der Waals surface area contributed by atoms with Gasteiger partial charge in [-0.2, -0.15) is 0 Å². The van der Waals surface area contributed by atoms with Crippen molar-refractivity contribution in [1.29, 1.82) is 0 Å². The summed E-state index contributed by atoms with van der Waals surface area (Å²) in [5.41, 5.74) is 3.14. The van der Waals surface area contributed by atoms with Crippen LogP contribution >= 0.6 is 0 Å². The van der Waals surface area contributed by atoms with Crippen molar-refractivity contribution < 1.29 is 0 Å². The monoisotopic (exact) mass is 352 g/mol. The van der Waals surface area contributed by atoms with Gasteiger partial charge in [0.1, 0.15) is 0 Å². The lowest BCUT2D eigenvalue weighted by atomic mass is 9.76. The van der Waals surface area contributed by atoms with Gasteiger partial charge in [0.2, 0.25) is 0 Å². The molecular formula is C26H40. The molecule has 0 spiro atoms. The summed E-state index contributed by atoms with van der Waals surface area (Å²) >= 11 is 0. The van der Waals surface area contributed by atoms with Crippen molar-refractivity contribution in [1.82, 2.24) is 0 Å². The van der Waals surface area contributed by atoms with Crippen molar-refractivity contribution in [3.63, 3.8) is 0 Å². The first kappa shape index (κ1) is 19.7. The Kier molecular flexibility index (Phi) is 7.84. The summed E-state index contributed by atoms with van der Waals surface area (Å²) in [6.07, 6.45) is 21.8. The molecular weight excluding hydrogens is 312 g/mol. The van der Waals surface area contributed by atoms with E-state index in [1.165, 1.54) is 82.6 Å². The summed E-state index contributed by atoms with van der Waals surface area (Å²) in [4.78, 5) is 0. The first-order valence-corrected chi connectivity index (χ1v) is 11.6. The molecule has 1 aromatic rings. The van der Waals surface area contributed by atoms with Crippen molar-refractivity contribution in [2.24, 2.45) is 11.8 Å². The predicted molar refractivity (Wildman–Crippen MR) is 115 cm³/mol. The number of allylic oxidation sites excluding steroid dienone is 2. The maximum Gasteiger partial charge on any atom is 0.00182 e. The van der Waals surface area contributed by atoms with E-state index in [4.69, 9.17) is 0 Å². The summed E-state index contributed by atoms with van der Waals surface area (Å²) < 4.78 is 0. The molecule has 0 heteroatoms. The molecule has 26 heavy (non-hydrogen) atoms. The predicted octanol–water partition coefficient (Wildman–Crippen LogP) is 8.39. The van der Waals surface area contributed by atoms with E-state index in [1.807, 2.05) is 0 Å². The second-order valence-electron chi connectivity index (χ2n) is 9.00. The number of hydrogen-bond donors (Lipinski definition) is 0. The van der Waals surface area contributed by atoms with Gasteiger partial charge < -0.3 is 0 Å². The molecule has 1 fully saturated rings. The van der Waals surface area contributed by atoms with Crippen LogP contribution in [-0.4, -0.2) is 0 Å². The van der Waals surface area contributed by atoms with Gasteiger partial charge in [0.05, 0.1) is 0 Å². The van der Waals surface area contributed by atoms with Crippen LogP contribution in [0.25, 0.3) is 0 Å². The van der Waals surface area contributed by atoms with Crippen molar-refractivity contribution in [2.75, 3.05) is 0 Å². The molecule has 0 nitrogen and oxygen atoms in total. The Bertz CT molecular complexity index is 530. The topological polar surface area (TPSA) is 0 Å². The Morgan fingerprint density at radius 3 is 2.04 bits per heavy atom. The zero-order valence-electron chi connectivity index (χ0n) is 17.3. The maximum atomic E-state index is 2.49. The zero-order chi connectivity index (χ0) is 18.2. The van der Waals surface area contributed by atoms with E-state index in [0.29, 0.717) is 5.92 Å². The van der Waals surface area contributed by atoms with Crippen molar-refractivity contribution >= 4 is 0 Å². The first-order valence-electron chi connectivity index (χ1n) is 11.6. The van der Waals surface area contributed by atoms with E-state index in [2.05, 4.69) is 50.3 Å². The second kappa shape index (κ2) is 10.3. The van der Waals surface area contributed by atoms with Crippen LogP contribution in [-0.2, 0) is 0 Å². The highest BCUT2D eigenvalue weighted by atomic mass is 14.3. The molecule has 144 valence electrons. The van der Waals surface area contributed by atoms with Gasteiger partial charge in [-0.3, -0.25) is 0 Å². The average molecular weight is 353 g/mol. The van der Waals surface area contributed by atoms with Gasteiger partial charge in [-0.25, -0.2) is 0 Å². The van der Waals surface area contributed by atoms with Crippen LogP contribution in [0.4, 0.5) is 0 Å². The highest BCUT2D eigenvalue weighted by Gasteiger charge is 2.22. The van der Waals surface area contributed by atoms with E-state index >= 15 is 0 Å². The Hall–Kier alpha value is -1.04. The van der Waals surface area contributed by atoms with Crippen LogP contribution in [0.3, 0.4) is 0 Å². The molecule has 0 aromatic heterocycles. The lowest BCUT2D eigenvalue weighted by molar-refractivity contribution is 0.303. The lowest BCUT2D eigenvalue weighted by Crippen LogP contribution is -2.13. The van der Waals surface area contributed by atoms with Crippen LogP contribution in [0.5, 0.6) is 0 Å². The summed E-state index contributed by atoms with van der Waals surface area (Å²) in [5, 5.41) is 0. The van der Waals surface area contributed by atoms with Gasteiger partial charge in [-0.1, -0.05) is 82.4 Å². The second-order valence-corrected chi connectivity index (χ2v) is 9.00. The van der Waals surface area contributed by atoms with E-state index in [-0.39, 0.29) is 0 Å². The minimum Gasteiger partial charge on any atom is -0.0848 e. The van der Waals surface area contributed by atoms with Gasteiger partial charge >= 0.3 is 0 Å². The van der Waals surface area contributed by atoms with Crippen LogP contribution < -0.4 is 0 Å². The molecule has 0 radical (unpaired) electrons. The minimum absolute atomic E-state index is 0.659. The van der Waals surface area contributed by atoms with Crippen molar-refractivity contribution in [3.8, 4) is 0 Å². The fourth-order valence-electron chi connectivity index (χ4n) is 5.25. The largest absolute Gasteiger partial charge is 0.0848 e. The molecule has 0 amide bonds. The number of hydrogen-bond acceptors (Lipinski definition) is 0. The molecule has 1 saturated carbocycles. The Morgan fingerprint density at radius 1 is 0.692 bits per heavy atom. The highest BCUT2D eigenvalue weighted by Crippen LogP contribution is 2.39. The van der Waals surface area contributed by atoms with Gasteiger partial charge in [0.25, 0.3) is 0 Å². The van der Waals surface area contributed by atoms with Gasteiger partial charge in [0, 0.05) is 5.92 Å². The quantitative estimate of drug-likeness (QED) is 0.325. The smallest absolute Gasteiger partial charge is 0.00182 e. The van der Waals surface area contributed by atoms with E-state index < -0.39 is 0 Å². The van der Waals surface area contributed by atoms with E-state index in [0.717, 1.165) is 17.8 Å². The molecule has 2 unspecified atom stereocenters. The summed E-state index contributed by atoms with van der Waals surface area (Å²) in [7, 11) is 0. The number of unbranched alkanes of at least 4 members (excludes halogenated alkanes) is 2. The molecule has 0 bridgehead atoms. The summed E-state index contributed by atoms with van der Waals surface area (Å²) in [5.74, 6) is 3.33. The highest BCUT2D eigenvalue weighted by molar-refractivity contribution is 5.31. The number of rotatable bonds is 8. The fourth-order valence-corrected chi connectivity index (χ4v) is 5.25. The summed E-state index contributed by atoms with van der Waals surface area (Å²) in [6.45, 7) is 4.62. The van der Waals surface area contributed by atoms with Crippen LogP contribution in [0.15, 0.2) is 36.4 Å². The fraction of sp³-hybridized carbons (Fsp3) is 0.692. The average Bonchev–Trinajstić information content (AvgIpc) is 2.70. The van der Waals surface area contributed by atoms with Crippen LogP contribution in [0.1, 0.15) is 114 Å². The molecule has 1 aromatic carbocycles. The van der Waals surface area contributed by atoms with Crippen molar-refractivity contribution in [2.45, 2.75) is 103 Å². The molecule has 0 aliphatic heterocycles. The SMILES string of the molecule is CCCCCC1CCC(c2ccc(C3C=CC(CCC)CC3)cc2)CC1. The molecule has 2 aliphatic carbocycles. The third kappa shape index (κ3) is 5.48. The summed E-state index contributed by atoms with van der Waals surface area (Å²) in [6, 6.07) is 9.75. The molecule has 2 aliphatic rings. The van der Waals surface area contributed by atoms with Gasteiger partial charge in [-0.05, 0) is 73.8 Å². The number of benzene rings is 1.